The number of unbranched alkanes of at least 4 members (excludes halogenated alkanes) is 1. The fourth-order valence-corrected chi connectivity index (χ4v) is 3.53. The molecule has 0 spiro atoms. The normalized spacial score (nSPS) is 11.1. The number of ether oxygens (including phenoxy) is 1. The number of hydrogen-bond acceptors (Lipinski definition) is 6. The lowest BCUT2D eigenvalue weighted by atomic mass is 10.1. The number of nitrogens with zero attached hydrogens (tertiary/aromatic N) is 4. The molecule has 0 bridgehead atoms. The first-order chi connectivity index (χ1) is 14.8. The second kappa shape index (κ2) is 8.99. The van der Waals surface area contributed by atoms with Gasteiger partial charge in [-0.05, 0) is 19.8 Å². The summed E-state index contributed by atoms with van der Waals surface area (Å²) in [6.45, 7) is 2.27. The molecule has 31 heavy (non-hydrogen) atoms. The average molecular weight is 426 g/mol. The Kier molecular flexibility index (Phi) is 6.38. The van der Waals surface area contributed by atoms with Gasteiger partial charge in [-0.25, -0.2) is 9.78 Å². The number of nitrogens with two attached hydrogens (primary N) is 1. The number of aromatic nitrogens is 4. The van der Waals surface area contributed by atoms with Crippen molar-refractivity contribution < 1.29 is 9.53 Å². The van der Waals surface area contributed by atoms with Crippen LogP contribution in [0.5, 0.6) is 0 Å². The van der Waals surface area contributed by atoms with Gasteiger partial charge in [0.25, 0.3) is 5.56 Å². The van der Waals surface area contributed by atoms with Gasteiger partial charge in [0.2, 0.25) is 0 Å². The minimum Gasteiger partial charge on any atom is -0.466 e. The van der Waals surface area contributed by atoms with Crippen molar-refractivity contribution in [1.29, 1.82) is 5.41 Å². The van der Waals surface area contributed by atoms with Crippen LogP contribution in [0, 0.1) is 5.41 Å². The molecule has 0 amide bonds. The van der Waals surface area contributed by atoms with E-state index in [0.717, 1.165) is 10.1 Å². The van der Waals surface area contributed by atoms with Crippen LogP contribution in [0.1, 0.15) is 31.7 Å². The molecule has 164 valence electrons. The van der Waals surface area contributed by atoms with Crippen LogP contribution in [0.25, 0.3) is 22.6 Å². The molecular weight excluding hydrogens is 400 g/mol. The Labute approximate surface area is 178 Å². The zero-order valence-corrected chi connectivity index (χ0v) is 17.8. The SMILES string of the molecule is CCOC(=O)CCCCn1c(=O)c2nc(-c3ccc(C(=N)N)cc3)n(C)c2n(C)c1=O. The molecule has 0 atom stereocenters. The Bertz CT molecular complexity index is 1250. The molecule has 0 aliphatic rings. The summed E-state index contributed by atoms with van der Waals surface area (Å²) in [5.41, 5.74) is 6.54. The maximum atomic E-state index is 13.0. The van der Waals surface area contributed by atoms with Gasteiger partial charge in [-0.15, -0.1) is 0 Å². The highest BCUT2D eigenvalue weighted by atomic mass is 16.5. The van der Waals surface area contributed by atoms with Crippen molar-refractivity contribution in [2.24, 2.45) is 19.8 Å². The van der Waals surface area contributed by atoms with Gasteiger partial charge in [0.05, 0.1) is 6.61 Å². The van der Waals surface area contributed by atoms with Gasteiger partial charge in [0.15, 0.2) is 5.52 Å². The largest absolute Gasteiger partial charge is 0.466 e. The molecule has 3 rings (SSSR count). The summed E-state index contributed by atoms with van der Waals surface area (Å²) < 4.78 is 9.15. The van der Waals surface area contributed by atoms with Crippen LogP contribution in [-0.2, 0) is 30.2 Å². The first-order valence-electron chi connectivity index (χ1n) is 10.0. The fourth-order valence-electron chi connectivity index (χ4n) is 3.53. The van der Waals surface area contributed by atoms with Crippen molar-refractivity contribution in [3.8, 4) is 11.4 Å². The van der Waals surface area contributed by atoms with E-state index in [-0.39, 0.29) is 30.3 Å². The van der Waals surface area contributed by atoms with Crippen LogP contribution in [0.3, 0.4) is 0 Å². The van der Waals surface area contributed by atoms with Crippen molar-refractivity contribution in [3.63, 3.8) is 0 Å². The molecule has 10 nitrogen and oxygen atoms in total. The van der Waals surface area contributed by atoms with E-state index >= 15 is 0 Å². The highest BCUT2D eigenvalue weighted by molar-refractivity contribution is 5.95. The van der Waals surface area contributed by atoms with E-state index in [1.165, 1.54) is 4.57 Å². The Hall–Kier alpha value is -3.69. The molecule has 0 radical (unpaired) electrons. The van der Waals surface area contributed by atoms with Crippen LogP contribution in [-0.4, -0.2) is 37.1 Å². The third-order valence-corrected chi connectivity index (χ3v) is 5.12. The summed E-state index contributed by atoms with van der Waals surface area (Å²) in [7, 11) is 3.34. The molecule has 0 fully saturated rings. The predicted octanol–water partition coefficient (Wildman–Crippen LogP) is 1.12. The summed E-state index contributed by atoms with van der Waals surface area (Å²) in [6.07, 6.45) is 1.25. The number of esters is 1. The summed E-state index contributed by atoms with van der Waals surface area (Å²) in [4.78, 5) is 41.8. The number of carbonyl (C=O) groups is 1. The molecule has 3 aromatic rings. The number of rotatable bonds is 8. The van der Waals surface area contributed by atoms with Crippen LogP contribution in [0.15, 0.2) is 33.9 Å². The van der Waals surface area contributed by atoms with Crippen molar-refractivity contribution in [2.75, 3.05) is 6.61 Å². The smallest absolute Gasteiger partial charge is 0.332 e. The molecular formula is C21H26N6O4. The van der Waals surface area contributed by atoms with Crippen LogP contribution < -0.4 is 17.0 Å². The first kappa shape index (κ1) is 22.0. The van der Waals surface area contributed by atoms with Crippen molar-refractivity contribution in [1.82, 2.24) is 18.7 Å². The van der Waals surface area contributed by atoms with E-state index in [2.05, 4.69) is 4.98 Å². The molecule has 10 heteroatoms. The molecule has 0 aliphatic carbocycles. The van der Waals surface area contributed by atoms with Gasteiger partial charge in [-0.2, -0.15) is 0 Å². The second-order valence-electron chi connectivity index (χ2n) is 7.22. The third kappa shape index (κ3) is 4.27. The topological polar surface area (TPSA) is 138 Å². The van der Waals surface area contributed by atoms with Crippen LogP contribution >= 0.6 is 0 Å². The lowest BCUT2D eigenvalue weighted by Gasteiger charge is -2.09. The molecule has 0 aliphatic heterocycles. The Morgan fingerprint density at radius 2 is 1.81 bits per heavy atom. The molecule has 0 unspecified atom stereocenters. The Morgan fingerprint density at radius 3 is 2.42 bits per heavy atom. The van der Waals surface area contributed by atoms with E-state index in [1.807, 2.05) is 0 Å². The maximum absolute atomic E-state index is 13.0. The van der Waals surface area contributed by atoms with Gasteiger partial charge in [0.1, 0.15) is 17.3 Å². The number of nitrogens with one attached hydrogen (secondary N) is 1. The minimum absolute atomic E-state index is 0.0372. The highest BCUT2D eigenvalue weighted by Gasteiger charge is 2.19. The van der Waals surface area contributed by atoms with Crippen LogP contribution in [0.4, 0.5) is 0 Å². The van der Waals surface area contributed by atoms with Crippen molar-refractivity contribution in [3.05, 3.63) is 50.7 Å². The number of amidine groups is 1. The zero-order valence-electron chi connectivity index (χ0n) is 17.8. The molecule has 2 heterocycles. The molecule has 3 N–H and O–H groups in total. The average Bonchev–Trinajstić information content (AvgIpc) is 3.09. The van der Waals surface area contributed by atoms with E-state index < -0.39 is 11.2 Å². The number of hydrogen-bond donors (Lipinski definition) is 2. The summed E-state index contributed by atoms with van der Waals surface area (Å²) in [6, 6.07) is 6.95. The first-order valence-corrected chi connectivity index (χ1v) is 10.0. The summed E-state index contributed by atoms with van der Waals surface area (Å²) in [5.74, 6) is 0.199. The van der Waals surface area contributed by atoms with E-state index in [0.29, 0.717) is 36.5 Å². The Morgan fingerprint density at radius 1 is 1.13 bits per heavy atom. The standard InChI is InChI=1S/C21H26N6O4/c1-4-31-15(28)7-5-6-12-27-20(29)16-19(26(3)21(27)30)25(2)18(24-16)14-10-8-13(9-11-14)17(22)23/h8-11H,4-7,12H2,1-3H3,(H3,22,23). The second-order valence-corrected chi connectivity index (χ2v) is 7.22. The molecule has 0 saturated carbocycles. The monoisotopic (exact) mass is 426 g/mol. The molecule has 1 aromatic carbocycles. The number of imidazole rings is 1. The van der Waals surface area contributed by atoms with E-state index in [1.54, 1.807) is 49.9 Å². The van der Waals surface area contributed by atoms with Gasteiger partial charge in [-0.3, -0.25) is 24.1 Å². The predicted molar refractivity (Wildman–Crippen MR) is 117 cm³/mol. The number of carbonyl (C=O) groups excluding carboxylic acids is 1. The minimum atomic E-state index is -0.462. The molecule has 2 aromatic heterocycles. The maximum Gasteiger partial charge on any atom is 0.332 e. The quantitative estimate of drug-likeness (QED) is 0.240. The molecule has 0 saturated heterocycles. The number of fused-ring (bicyclic) bond motifs is 1. The van der Waals surface area contributed by atoms with Gasteiger partial charge in [-0.1, -0.05) is 24.3 Å². The van der Waals surface area contributed by atoms with Crippen LogP contribution in [0.2, 0.25) is 0 Å². The lowest BCUT2D eigenvalue weighted by Crippen LogP contribution is -2.39. The summed E-state index contributed by atoms with van der Waals surface area (Å²) >= 11 is 0. The van der Waals surface area contributed by atoms with Gasteiger partial charge >= 0.3 is 11.7 Å². The van der Waals surface area contributed by atoms with Gasteiger partial charge in [0, 0.05) is 38.2 Å². The number of nitrogen functional groups attached to an aromatic ring is 1. The summed E-state index contributed by atoms with van der Waals surface area (Å²) in [5, 5.41) is 7.51. The van der Waals surface area contributed by atoms with Gasteiger partial charge < -0.3 is 15.0 Å². The van der Waals surface area contributed by atoms with E-state index in [9.17, 15) is 14.4 Å². The fraction of sp³-hybridized carbons (Fsp3) is 0.381. The van der Waals surface area contributed by atoms with Crippen molar-refractivity contribution >= 4 is 23.0 Å². The number of aryl methyl sites for hydroxylation is 2. The number of benzene rings is 1. The lowest BCUT2D eigenvalue weighted by molar-refractivity contribution is -0.143. The zero-order chi connectivity index (χ0) is 22.7. The van der Waals surface area contributed by atoms with E-state index in [4.69, 9.17) is 15.9 Å². The van der Waals surface area contributed by atoms with Crippen molar-refractivity contribution in [2.45, 2.75) is 32.7 Å². The highest BCUT2D eigenvalue weighted by Crippen LogP contribution is 2.21. The third-order valence-electron chi connectivity index (χ3n) is 5.12. The Balaban J connectivity index is 1.95.